The minimum atomic E-state index is -1.14. The van der Waals surface area contributed by atoms with Crippen LogP contribution in [-0.4, -0.2) is 45.5 Å². The smallest absolute Gasteiger partial charge is 0.409 e. The van der Waals surface area contributed by atoms with Crippen LogP contribution in [-0.2, 0) is 11.2 Å². The van der Waals surface area contributed by atoms with Crippen molar-refractivity contribution >= 4 is 12.2 Å². The first-order valence-corrected chi connectivity index (χ1v) is 8.15. The largest absolute Gasteiger partial charge is 0.465 e. The second-order valence-electron chi connectivity index (χ2n) is 6.71. The highest BCUT2D eigenvalue weighted by Crippen LogP contribution is 2.09. The van der Waals surface area contributed by atoms with Crippen molar-refractivity contribution in [2.24, 2.45) is 0 Å². The quantitative estimate of drug-likeness (QED) is 0.582. The van der Waals surface area contributed by atoms with Crippen LogP contribution in [0.4, 0.5) is 9.59 Å². The number of amides is 2. The molecule has 0 fully saturated rings. The van der Waals surface area contributed by atoms with Gasteiger partial charge in [-0.15, -0.1) is 0 Å². The van der Waals surface area contributed by atoms with Crippen LogP contribution < -0.4 is 5.32 Å². The molecule has 1 heterocycles. The highest BCUT2D eigenvalue weighted by molar-refractivity contribution is 5.71. The Morgan fingerprint density at radius 1 is 1.44 bits per heavy atom. The zero-order chi connectivity index (χ0) is 19.0. The summed E-state index contributed by atoms with van der Waals surface area (Å²) in [5, 5.41) is 11.9. The maximum absolute atomic E-state index is 11.9. The van der Waals surface area contributed by atoms with Crippen LogP contribution in [0.15, 0.2) is 31.0 Å². The van der Waals surface area contributed by atoms with Crippen molar-refractivity contribution in [2.45, 2.75) is 52.3 Å². The molecule has 25 heavy (non-hydrogen) atoms. The van der Waals surface area contributed by atoms with Crippen LogP contribution in [0.3, 0.4) is 0 Å². The second kappa shape index (κ2) is 9.05. The van der Waals surface area contributed by atoms with Gasteiger partial charge in [-0.3, -0.25) is 15.2 Å². The summed E-state index contributed by atoms with van der Waals surface area (Å²) in [6.45, 7) is 11.0. The maximum atomic E-state index is 11.9. The molecule has 0 radical (unpaired) electrons. The summed E-state index contributed by atoms with van der Waals surface area (Å²) >= 11 is 0. The Morgan fingerprint density at radius 3 is 2.60 bits per heavy atom. The van der Waals surface area contributed by atoms with Crippen molar-refractivity contribution < 1.29 is 19.4 Å². The minimum absolute atomic E-state index is 0.246. The third kappa shape index (κ3) is 7.69. The van der Waals surface area contributed by atoms with E-state index in [0.29, 0.717) is 12.8 Å². The van der Waals surface area contributed by atoms with Gasteiger partial charge in [0.2, 0.25) is 0 Å². The fourth-order valence-corrected chi connectivity index (χ4v) is 2.15. The summed E-state index contributed by atoms with van der Waals surface area (Å²) in [6.07, 6.45) is 1.75. The van der Waals surface area contributed by atoms with Gasteiger partial charge in [0.25, 0.3) is 0 Å². The molecule has 0 saturated heterocycles. The average molecular weight is 349 g/mol. The summed E-state index contributed by atoms with van der Waals surface area (Å²) in [6, 6.07) is 3.89. The van der Waals surface area contributed by atoms with Gasteiger partial charge in [-0.1, -0.05) is 12.6 Å². The number of carbonyl (C=O) groups is 2. The van der Waals surface area contributed by atoms with E-state index in [1.165, 1.54) is 6.08 Å². The third-order valence-electron chi connectivity index (χ3n) is 3.31. The Morgan fingerprint density at radius 2 is 2.12 bits per heavy atom. The molecule has 0 aliphatic heterocycles. The second-order valence-corrected chi connectivity index (χ2v) is 6.71. The highest BCUT2D eigenvalue weighted by Gasteiger charge is 2.24. The number of hydrogen-bond donors (Lipinski definition) is 2. The monoisotopic (exact) mass is 349 g/mol. The van der Waals surface area contributed by atoms with Gasteiger partial charge in [-0.05, 0) is 58.2 Å². The lowest BCUT2D eigenvalue weighted by atomic mass is 10.1. The van der Waals surface area contributed by atoms with Crippen molar-refractivity contribution in [3.05, 3.63) is 42.2 Å². The molecule has 1 aromatic heterocycles. The predicted molar refractivity (Wildman–Crippen MR) is 95.4 cm³/mol. The SMILES string of the molecule is C=CC(NC(=O)OC(C)(C)C)N(CCCc1ccc(C)nc1)C(=O)O. The molecule has 0 saturated carbocycles. The molecule has 1 rings (SSSR count). The summed E-state index contributed by atoms with van der Waals surface area (Å²) < 4.78 is 5.16. The van der Waals surface area contributed by atoms with Crippen molar-refractivity contribution in [2.75, 3.05) is 6.54 Å². The molecule has 0 spiro atoms. The number of carboxylic acid groups (broad SMARTS) is 1. The Hall–Kier alpha value is -2.57. The van der Waals surface area contributed by atoms with Crippen molar-refractivity contribution in [3.63, 3.8) is 0 Å². The average Bonchev–Trinajstić information content (AvgIpc) is 2.49. The Bertz CT molecular complexity index is 593. The molecular formula is C18H27N3O4. The molecule has 2 amide bonds. The molecule has 1 atom stereocenters. The number of alkyl carbamates (subject to hydrolysis) is 1. The topological polar surface area (TPSA) is 91.8 Å². The van der Waals surface area contributed by atoms with Gasteiger partial charge in [0, 0.05) is 18.4 Å². The minimum Gasteiger partial charge on any atom is -0.465 e. The van der Waals surface area contributed by atoms with Gasteiger partial charge in [0.1, 0.15) is 11.8 Å². The molecule has 2 N–H and O–H groups in total. The standard InChI is InChI=1S/C18H27N3O4/c1-6-15(20-16(22)25-18(3,4)5)21(17(23)24)11-7-8-14-10-9-13(2)19-12-14/h6,9-10,12,15H,1,7-8,11H2,2-5H3,(H,20,22)(H,23,24). The first-order chi connectivity index (χ1) is 11.6. The lowest BCUT2D eigenvalue weighted by Gasteiger charge is -2.29. The zero-order valence-electron chi connectivity index (χ0n) is 15.3. The number of carbonyl (C=O) groups excluding carboxylic acids is 1. The molecule has 7 heteroatoms. The van der Waals surface area contributed by atoms with Crippen LogP contribution in [0.1, 0.15) is 38.4 Å². The van der Waals surface area contributed by atoms with Crippen molar-refractivity contribution in [3.8, 4) is 0 Å². The van der Waals surface area contributed by atoms with Crippen LogP contribution in [0.5, 0.6) is 0 Å². The third-order valence-corrected chi connectivity index (χ3v) is 3.31. The number of hydrogen-bond acceptors (Lipinski definition) is 4. The number of rotatable bonds is 7. The molecule has 138 valence electrons. The van der Waals surface area contributed by atoms with Gasteiger partial charge in [-0.25, -0.2) is 9.59 Å². The van der Waals surface area contributed by atoms with E-state index < -0.39 is 24.0 Å². The van der Waals surface area contributed by atoms with E-state index in [-0.39, 0.29) is 6.54 Å². The van der Waals surface area contributed by atoms with Crippen LogP contribution in [0.2, 0.25) is 0 Å². The van der Waals surface area contributed by atoms with Gasteiger partial charge < -0.3 is 9.84 Å². The molecule has 0 aliphatic carbocycles. The molecular weight excluding hydrogens is 322 g/mol. The van der Waals surface area contributed by atoms with Gasteiger partial charge in [-0.2, -0.15) is 0 Å². The van der Waals surface area contributed by atoms with E-state index in [0.717, 1.165) is 16.2 Å². The molecule has 1 unspecified atom stereocenters. The molecule has 0 aromatic carbocycles. The van der Waals surface area contributed by atoms with Crippen LogP contribution in [0.25, 0.3) is 0 Å². The Labute approximate surface area is 148 Å². The van der Waals surface area contributed by atoms with E-state index in [1.807, 2.05) is 19.1 Å². The van der Waals surface area contributed by atoms with E-state index in [2.05, 4.69) is 16.9 Å². The number of pyridine rings is 1. The lowest BCUT2D eigenvalue weighted by Crippen LogP contribution is -2.50. The zero-order valence-corrected chi connectivity index (χ0v) is 15.3. The number of aryl methyl sites for hydroxylation is 2. The predicted octanol–water partition coefficient (Wildman–Crippen LogP) is 3.34. The first kappa shape index (κ1) is 20.5. The Balaban J connectivity index is 2.63. The first-order valence-electron chi connectivity index (χ1n) is 8.15. The fourth-order valence-electron chi connectivity index (χ4n) is 2.15. The summed E-state index contributed by atoms with van der Waals surface area (Å²) in [4.78, 5) is 28.7. The maximum Gasteiger partial charge on any atom is 0.409 e. The van der Waals surface area contributed by atoms with Crippen molar-refractivity contribution in [1.29, 1.82) is 0 Å². The van der Waals surface area contributed by atoms with Crippen LogP contribution in [0, 0.1) is 6.92 Å². The van der Waals surface area contributed by atoms with Crippen LogP contribution >= 0.6 is 0 Å². The summed E-state index contributed by atoms with van der Waals surface area (Å²) in [7, 11) is 0. The summed E-state index contributed by atoms with van der Waals surface area (Å²) in [5.41, 5.74) is 1.30. The summed E-state index contributed by atoms with van der Waals surface area (Å²) in [5.74, 6) is 0. The molecule has 1 aromatic rings. The van der Waals surface area contributed by atoms with E-state index in [9.17, 15) is 14.7 Å². The lowest BCUT2D eigenvalue weighted by molar-refractivity contribution is 0.0455. The number of nitrogens with one attached hydrogen (secondary N) is 1. The number of ether oxygens (including phenoxy) is 1. The number of nitrogens with zero attached hydrogens (tertiary/aromatic N) is 2. The highest BCUT2D eigenvalue weighted by atomic mass is 16.6. The van der Waals surface area contributed by atoms with Gasteiger partial charge >= 0.3 is 12.2 Å². The molecule has 0 aliphatic rings. The fraction of sp³-hybridized carbons (Fsp3) is 0.500. The molecule has 0 bridgehead atoms. The Kier molecular flexibility index (Phi) is 7.42. The van der Waals surface area contributed by atoms with Gasteiger partial charge in [0.05, 0.1) is 0 Å². The van der Waals surface area contributed by atoms with E-state index in [1.54, 1.807) is 27.0 Å². The normalized spacial score (nSPS) is 12.2. The number of aromatic nitrogens is 1. The van der Waals surface area contributed by atoms with Gasteiger partial charge in [0.15, 0.2) is 0 Å². The van der Waals surface area contributed by atoms with E-state index in [4.69, 9.17) is 4.74 Å². The molecule has 7 nitrogen and oxygen atoms in total. The van der Waals surface area contributed by atoms with Crippen molar-refractivity contribution in [1.82, 2.24) is 15.2 Å². The van der Waals surface area contributed by atoms with E-state index >= 15 is 0 Å².